The number of anilines is 2. The fourth-order valence-corrected chi connectivity index (χ4v) is 3.46. The molecule has 1 fully saturated rings. The zero-order valence-corrected chi connectivity index (χ0v) is 15.1. The van der Waals surface area contributed by atoms with Gasteiger partial charge in [0.25, 0.3) is 5.91 Å². The van der Waals surface area contributed by atoms with Crippen molar-refractivity contribution >= 4 is 17.3 Å². The number of benzene rings is 1. The summed E-state index contributed by atoms with van der Waals surface area (Å²) in [5, 5.41) is 6.54. The van der Waals surface area contributed by atoms with Crippen LogP contribution in [0.5, 0.6) is 0 Å². The second kappa shape index (κ2) is 8.15. The van der Waals surface area contributed by atoms with Crippen LogP contribution in [-0.4, -0.2) is 16.9 Å². The third-order valence-corrected chi connectivity index (χ3v) is 4.94. The first kappa shape index (κ1) is 17.5. The monoisotopic (exact) mass is 337 g/mol. The van der Waals surface area contributed by atoms with Gasteiger partial charge in [0, 0.05) is 11.7 Å². The molecule has 1 aromatic heterocycles. The van der Waals surface area contributed by atoms with E-state index in [1.165, 1.54) is 38.5 Å². The Morgan fingerprint density at radius 2 is 1.68 bits per heavy atom. The van der Waals surface area contributed by atoms with E-state index in [1.807, 2.05) is 38.1 Å². The minimum Gasteiger partial charge on any atom is -0.381 e. The molecule has 0 radical (unpaired) electrons. The van der Waals surface area contributed by atoms with Crippen LogP contribution in [0, 0.1) is 13.8 Å². The summed E-state index contributed by atoms with van der Waals surface area (Å²) in [4.78, 5) is 16.8. The Morgan fingerprint density at radius 1 is 1.00 bits per heavy atom. The molecule has 132 valence electrons. The van der Waals surface area contributed by atoms with Crippen LogP contribution in [0.15, 0.2) is 36.5 Å². The minimum atomic E-state index is -0.168. The Hall–Kier alpha value is -2.36. The fourth-order valence-electron chi connectivity index (χ4n) is 3.46. The lowest BCUT2D eigenvalue weighted by Crippen LogP contribution is -2.19. The predicted octanol–water partition coefficient (Wildman–Crippen LogP) is 5.09. The average molecular weight is 337 g/mol. The lowest BCUT2D eigenvalue weighted by atomic mass is 10.1. The fraction of sp³-hybridized carbons (Fsp3) is 0.429. The molecule has 4 heteroatoms. The van der Waals surface area contributed by atoms with Crippen molar-refractivity contribution in [1.29, 1.82) is 0 Å². The van der Waals surface area contributed by atoms with E-state index in [-0.39, 0.29) is 5.91 Å². The topological polar surface area (TPSA) is 54.0 Å². The SMILES string of the molecule is Cc1cccc(C)c1NC(=O)c1ccc(NC2CCCCCC2)cn1. The summed E-state index contributed by atoms with van der Waals surface area (Å²) in [5.41, 5.74) is 4.42. The van der Waals surface area contributed by atoms with Crippen LogP contribution in [0.25, 0.3) is 0 Å². The van der Waals surface area contributed by atoms with Crippen LogP contribution >= 0.6 is 0 Å². The van der Waals surface area contributed by atoms with Crippen LogP contribution in [0.4, 0.5) is 11.4 Å². The predicted molar refractivity (Wildman–Crippen MR) is 103 cm³/mol. The maximum absolute atomic E-state index is 12.5. The molecule has 1 aliphatic rings. The molecule has 3 rings (SSSR count). The number of carbonyl (C=O) groups excluding carboxylic acids is 1. The van der Waals surface area contributed by atoms with Crippen LogP contribution in [0.2, 0.25) is 0 Å². The number of pyridine rings is 1. The molecule has 2 N–H and O–H groups in total. The Balaban J connectivity index is 1.64. The van der Waals surface area contributed by atoms with E-state index in [0.717, 1.165) is 22.5 Å². The zero-order valence-electron chi connectivity index (χ0n) is 15.1. The first-order valence-corrected chi connectivity index (χ1v) is 9.23. The Kier molecular flexibility index (Phi) is 5.69. The molecule has 0 saturated heterocycles. The summed E-state index contributed by atoms with van der Waals surface area (Å²) in [6.07, 6.45) is 9.47. The maximum Gasteiger partial charge on any atom is 0.274 e. The van der Waals surface area contributed by atoms with Gasteiger partial charge in [-0.1, -0.05) is 43.9 Å². The lowest BCUT2D eigenvalue weighted by molar-refractivity contribution is 0.102. The van der Waals surface area contributed by atoms with E-state index in [0.29, 0.717) is 11.7 Å². The van der Waals surface area contributed by atoms with Gasteiger partial charge in [-0.2, -0.15) is 0 Å². The second-order valence-corrected chi connectivity index (χ2v) is 6.99. The summed E-state index contributed by atoms with van der Waals surface area (Å²) in [5.74, 6) is -0.168. The Bertz CT molecular complexity index is 696. The number of carbonyl (C=O) groups is 1. The van der Waals surface area contributed by atoms with Crippen molar-refractivity contribution in [2.75, 3.05) is 10.6 Å². The molecule has 1 heterocycles. The standard InChI is InChI=1S/C21H27N3O/c1-15-8-7-9-16(2)20(15)24-21(25)19-13-12-18(14-22-19)23-17-10-5-3-4-6-11-17/h7-9,12-14,17,23H,3-6,10-11H2,1-2H3,(H,24,25). The van der Waals surface area contributed by atoms with Crippen LogP contribution in [0.3, 0.4) is 0 Å². The number of aryl methyl sites for hydroxylation is 2. The van der Waals surface area contributed by atoms with Crippen molar-refractivity contribution < 1.29 is 4.79 Å². The summed E-state index contributed by atoms with van der Waals surface area (Å²) in [6.45, 7) is 3.99. The molecular weight excluding hydrogens is 310 g/mol. The number of aromatic nitrogens is 1. The molecule has 1 aliphatic carbocycles. The molecule has 25 heavy (non-hydrogen) atoms. The Labute approximate surface area is 150 Å². The molecular formula is C21H27N3O. The van der Waals surface area contributed by atoms with Crippen molar-refractivity contribution in [3.05, 3.63) is 53.3 Å². The van der Waals surface area contributed by atoms with Gasteiger partial charge < -0.3 is 10.6 Å². The second-order valence-electron chi connectivity index (χ2n) is 6.99. The average Bonchev–Trinajstić information content (AvgIpc) is 2.87. The van der Waals surface area contributed by atoms with E-state index in [9.17, 15) is 4.79 Å². The molecule has 0 spiro atoms. The maximum atomic E-state index is 12.5. The van der Waals surface area contributed by atoms with Gasteiger partial charge in [-0.15, -0.1) is 0 Å². The summed E-state index contributed by atoms with van der Waals surface area (Å²) in [7, 11) is 0. The summed E-state index contributed by atoms with van der Waals surface area (Å²) in [6, 6.07) is 10.3. The number of amides is 1. The highest BCUT2D eigenvalue weighted by molar-refractivity contribution is 6.03. The highest BCUT2D eigenvalue weighted by Crippen LogP contribution is 2.22. The molecule has 1 saturated carbocycles. The number of rotatable bonds is 4. The zero-order chi connectivity index (χ0) is 17.6. The smallest absolute Gasteiger partial charge is 0.274 e. The van der Waals surface area contributed by atoms with Crippen molar-refractivity contribution in [3.63, 3.8) is 0 Å². The van der Waals surface area contributed by atoms with Crippen molar-refractivity contribution in [2.24, 2.45) is 0 Å². The normalized spacial score (nSPS) is 15.4. The van der Waals surface area contributed by atoms with Crippen molar-refractivity contribution in [3.8, 4) is 0 Å². The van der Waals surface area contributed by atoms with Gasteiger partial charge in [-0.3, -0.25) is 4.79 Å². The van der Waals surface area contributed by atoms with E-state index in [2.05, 4.69) is 15.6 Å². The Morgan fingerprint density at radius 3 is 2.28 bits per heavy atom. The molecule has 2 aromatic rings. The third kappa shape index (κ3) is 4.59. The van der Waals surface area contributed by atoms with Gasteiger partial charge in [0.05, 0.1) is 11.9 Å². The summed E-state index contributed by atoms with van der Waals surface area (Å²) >= 11 is 0. The van der Waals surface area contributed by atoms with E-state index < -0.39 is 0 Å². The first-order chi connectivity index (χ1) is 12.1. The molecule has 1 aromatic carbocycles. The highest BCUT2D eigenvalue weighted by Gasteiger charge is 2.14. The quantitative estimate of drug-likeness (QED) is 0.765. The third-order valence-electron chi connectivity index (χ3n) is 4.94. The van der Waals surface area contributed by atoms with Gasteiger partial charge in [0.15, 0.2) is 0 Å². The molecule has 0 unspecified atom stereocenters. The largest absolute Gasteiger partial charge is 0.381 e. The highest BCUT2D eigenvalue weighted by atomic mass is 16.1. The van der Waals surface area contributed by atoms with Crippen LogP contribution in [0.1, 0.15) is 60.1 Å². The van der Waals surface area contributed by atoms with E-state index in [1.54, 1.807) is 12.3 Å². The number of nitrogens with one attached hydrogen (secondary N) is 2. The molecule has 4 nitrogen and oxygen atoms in total. The van der Waals surface area contributed by atoms with Crippen molar-refractivity contribution in [1.82, 2.24) is 4.98 Å². The number of hydrogen-bond acceptors (Lipinski definition) is 3. The lowest BCUT2D eigenvalue weighted by Gasteiger charge is -2.17. The molecule has 0 bridgehead atoms. The van der Waals surface area contributed by atoms with Gasteiger partial charge in [-0.25, -0.2) is 4.98 Å². The number of hydrogen-bond donors (Lipinski definition) is 2. The minimum absolute atomic E-state index is 0.168. The van der Waals surface area contributed by atoms with Crippen LogP contribution in [-0.2, 0) is 0 Å². The number of nitrogens with zero attached hydrogens (tertiary/aromatic N) is 1. The van der Waals surface area contributed by atoms with Gasteiger partial charge in [-0.05, 0) is 49.9 Å². The van der Waals surface area contributed by atoms with Crippen LogP contribution < -0.4 is 10.6 Å². The van der Waals surface area contributed by atoms with Gasteiger partial charge in [0.1, 0.15) is 5.69 Å². The molecule has 0 atom stereocenters. The van der Waals surface area contributed by atoms with Crippen molar-refractivity contribution in [2.45, 2.75) is 58.4 Å². The van der Waals surface area contributed by atoms with E-state index >= 15 is 0 Å². The molecule has 0 aliphatic heterocycles. The van der Waals surface area contributed by atoms with E-state index in [4.69, 9.17) is 0 Å². The van der Waals surface area contributed by atoms with Gasteiger partial charge in [0.2, 0.25) is 0 Å². The molecule has 1 amide bonds. The number of para-hydroxylation sites is 1. The first-order valence-electron chi connectivity index (χ1n) is 9.23. The summed E-state index contributed by atoms with van der Waals surface area (Å²) < 4.78 is 0. The van der Waals surface area contributed by atoms with Gasteiger partial charge >= 0.3 is 0 Å².